The highest BCUT2D eigenvalue weighted by Crippen LogP contribution is 2.41. The summed E-state index contributed by atoms with van der Waals surface area (Å²) in [6.45, 7) is 2.54. The Morgan fingerprint density at radius 3 is 2.60 bits per heavy atom. The van der Waals surface area contributed by atoms with Crippen molar-refractivity contribution in [3.8, 4) is 16.9 Å². The highest BCUT2D eigenvalue weighted by Gasteiger charge is 2.38. The number of ether oxygens (including phenoxy) is 2. The number of hydrogen-bond acceptors (Lipinski definition) is 9. The molecule has 1 aromatic heterocycles. The summed E-state index contributed by atoms with van der Waals surface area (Å²) in [7, 11) is 0. The Morgan fingerprint density at radius 2 is 1.86 bits per heavy atom. The van der Waals surface area contributed by atoms with Crippen molar-refractivity contribution in [2.24, 2.45) is 10.8 Å². The van der Waals surface area contributed by atoms with Crippen molar-refractivity contribution in [2.75, 3.05) is 13.2 Å². The van der Waals surface area contributed by atoms with Gasteiger partial charge in [0.25, 0.3) is 0 Å². The topological polar surface area (TPSA) is 106 Å². The molecule has 218 valence electrons. The summed E-state index contributed by atoms with van der Waals surface area (Å²) < 4.78 is 61.3. The fraction of sp³-hybridized carbons (Fsp3) is 0.161. The number of benzene rings is 3. The van der Waals surface area contributed by atoms with Crippen LogP contribution in [0, 0.1) is 17.5 Å². The predicted molar refractivity (Wildman–Crippen MR) is 152 cm³/mol. The zero-order valence-electron chi connectivity index (χ0n) is 22.7. The highest BCUT2D eigenvalue weighted by molar-refractivity contribution is 5.84. The molecule has 3 aliphatic rings. The number of halogens is 3. The Kier molecular flexibility index (Phi) is 6.44. The number of rotatable bonds is 6. The van der Waals surface area contributed by atoms with Crippen molar-refractivity contribution in [1.29, 1.82) is 0 Å². The van der Waals surface area contributed by atoms with Crippen molar-refractivity contribution >= 4 is 23.0 Å². The number of nitrogens with two attached hydrogens (primary N) is 1. The van der Waals surface area contributed by atoms with Gasteiger partial charge in [0.1, 0.15) is 58.2 Å². The molecule has 0 saturated carbocycles. The van der Waals surface area contributed by atoms with E-state index in [9.17, 15) is 13.6 Å². The SMILES string of the molecule is CC(c1oc2cccc(F)c2c(=O)c1-c1cccc(F)c1)N1NC(c2ccc(OC3COC3)c(F)c2)=C2C1=CN=CN2N. The molecule has 43 heavy (non-hydrogen) atoms. The van der Waals surface area contributed by atoms with Crippen molar-refractivity contribution in [3.05, 3.63) is 117 Å². The van der Waals surface area contributed by atoms with Crippen LogP contribution in [0.15, 0.2) is 92.5 Å². The van der Waals surface area contributed by atoms with Gasteiger partial charge in [-0.15, -0.1) is 0 Å². The Hall–Kier alpha value is -5.07. The van der Waals surface area contributed by atoms with Gasteiger partial charge in [-0.05, 0) is 55.0 Å². The van der Waals surface area contributed by atoms with Crippen LogP contribution in [0.2, 0.25) is 0 Å². The van der Waals surface area contributed by atoms with Gasteiger partial charge in [0.2, 0.25) is 5.43 Å². The third-order valence-corrected chi connectivity index (χ3v) is 7.51. The lowest BCUT2D eigenvalue weighted by atomic mass is 9.98. The van der Waals surface area contributed by atoms with Gasteiger partial charge in [-0.25, -0.2) is 24.0 Å². The molecule has 4 heterocycles. The Bertz CT molecular complexity index is 1930. The summed E-state index contributed by atoms with van der Waals surface area (Å²) >= 11 is 0. The molecular weight excluding hydrogens is 563 g/mol. The molecule has 4 aromatic rings. The van der Waals surface area contributed by atoms with Crippen molar-refractivity contribution in [3.63, 3.8) is 0 Å². The van der Waals surface area contributed by atoms with Crippen LogP contribution < -0.4 is 21.4 Å². The van der Waals surface area contributed by atoms with E-state index in [4.69, 9.17) is 19.7 Å². The molecule has 9 nitrogen and oxygen atoms in total. The van der Waals surface area contributed by atoms with Crippen molar-refractivity contribution < 1.29 is 27.1 Å². The average Bonchev–Trinajstić information content (AvgIpc) is 3.36. The van der Waals surface area contributed by atoms with Gasteiger partial charge in [-0.1, -0.05) is 18.2 Å². The van der Waals surface area contributed by atoms with Gasteiger partial charge < -0.3 is 13.9 Å². The van der Waals surface area contributed by atoms with Crippen LogP contribution in [0.25, 0.3) is 27.8 Å². The second-order valence-corrected chi connectivity index (χ2v) is 10.3. The predicted octanol–water partition coefficient (Wildman–Crippen LogP) is 4.96. The van der Waals surface area contributed by atoms with Crippen molar-refractivity contribution in [1.82, 2.24) is 15.4 Å². The van der Waals surface area contributed by atoms with Gasteiger partial charge in [-0.3, -0.25) is 20.2 Å². The van der Waals surface area contributed by atoms with Crippen LogP contribution in [0.3, 0.4) is 0 Å². The number of aliphatic imine (C=N–C) groups is 1. The minimum Gasteiger partial charge on any atom is -0.483 e. The molecule has 3 aromatic carbocycles. The third-order valence-electron chi connectivity index (χ3n) is 7.51. The number of nitrogens with one attached hydrogen (secondary N) is 1. The Balaban J connectivity index is 1.33. The van der Waals surface area contributed by atoms with E-state index in [-0.39, 0.29) is 39.7 Å². The lowest BCUT2D eigenvalue weighted by Crippen LogP contribution is -2.38. The molecule has 0 bridgehead atoms. The first-order chi connectivity index (χ1) is 20.8. The summed E-state index contributed by atoms with van der Waals surface area (Å²) in [4.78, 5) is 18.0. The molecule has 3 aliphatic heterocycles. The fourth-order valence-electron chi connectivity index (χ4n) is 5.36. The van der Waals surface area contributed by atoms with Crippen LogP contribution in [0.5, 0.6) is 5.75 Å². The van der Waals surface area contributed by atoms with Crippen LogP contribution in [0.4, 0.5) is 13.2 Å². The Morgan fingerprint density at radius 1 is 1.05 bits per heavy atom. The molecular formula is C31H24F3N5O4. The zero-order chi connectivity index (χ0) is 29.8. The second kappa shape index (κ2) is 10.3. The smallest absolute Gasteiger partial charge is 0.203 e. The summed E-state index contributed by atoms with van der Waals surface area (Å²) in [6, 6.07) is 13.3. The van der Waals surface area contributed by atoms with Gasteiger partial charge >= 0.3 is 0 Å². The summed E-state index contributed by atoms with van der Waals surface area (Å²) in [5.74, 6) is 4.63. The first-order valence-electron chi connectivity index (χ1n) is 13.4. The average molecular weight is 588 g/mol. The summed E-state index contributed by atoms with van der Waals surface area (Å²) in [5.41, 5.74) is 4.75. The number of nitrogens with zero attached hydrogens (tertiary/aromatic N) is 3. The highest BCUT2D eigenvalue weighted by atomic mass is 19.1. The number of hydrogen-bond donors (Lipinski definition) is 2. The lowest BCUT2D eigenvalue weighted by molar-refractivity contribution is -0.0808. The van der Waals surface area contributed by atoms with Crippen LogP contribution >= 0.6 is 0 Å². The first-order valence-corrected chi connectivity index (χ1v) is 13.4. The molecule has 1 saturated heterocycles. The minimum atomic E-state index is -0.759. The maximum atomic E-state index is 15.1. The van der Waals surface area contributed by atoms with Crippen molar-refractivity contribution in [2.45, 2.75) is 19.1 Å². The second-order valence-electron chi connectivity index (χ2n) is 10.3. The van der Waals surface area contributed by atoms with E-state index in [1.165, 1.54) is 59.9 Å². The van der Waals surface area contributed by atoms with E-state index >= 15 is 4.39 Å². The maximum absolute atomic E-state index is 15.1. The standard InChI is InChI=1S/C31H24F3N5O4/c1-16(31-26(17-4-2-5-19(32)10-17)30(40)27-21(33)6-3-7-25(27)43-31)39-23-12-36-15-38(35)29(23)28(37-39)18-8-9-24(22(34)11-18)42-20-13-41-14-20/h2-12,15-16,20,37H,13-14,35H2,1H3. The van der Waals surface area contributed by atoms with E-state index in [1.54, 1.807) is 30.3 Å². The monoisotopic (exact) mass is 587 g/mol. The molecule has 12 heteroatoms. The molecule has 1 atom stereocenters. The van der Waals surface area contributed by atoms with Gasteiger partial charge in [0, 0.05) is 5.56 Å². The molecule has 7 rings (SSSR count). The van der Waals surface area contributed by atoms with E-state index in [0.717, 1.165) is 0 Å². The molecule has 0 amide bonds. The quantitative estimate of drug-likeness (QED) is 0.305. The van der Waals surface area contributed by atoms with E-state index in [2.05, 4.69) is 10.4 Å². The Labute approximate surface area is 242 Å². The molecule has 0 aliphatic carbocycles. The van der Waals surface area contributed by atoms with E-state index < -0.39 is 28.9 Å². The maximum Gasteiger partial charge on any atom is 0.203 e. The fourth-order valence-corrected chi connectivity index (χ4v) is 5.36. The van der Waals surface area contributed by atoms with Gasteiger partial charge in [0.05, 0.1) is 30.7 Å². The van der Waals surface area contributed by atoms with E-state index in [0.29, 0.717) is 35.9 Å². The van der Waals surface area contributed by atoms with E-state index in [1.807, 2.05) is 0 Å². The molecule has 1 fully saturated rings. The lowest BCUT2D eigenvalue weighted by Gasteiger charge is -2.30. The summed E-state index contributed by atoms with van der Waals surface area (Å²) in [6.07, 6.45) is 2.75. The first kappa shape index (κ1) is 26.8. The summed E-state index contributed by atoms with van der Waals surface area (Å²) in [5, 5.41) is 2.70. The van der Waals surface area contributed by atoms with Gasteiger partial charge in [0.15, 0.2) is 11.6 Å². The number of fused-ring (bicyclic) bond motifs is 2. The molecule has 0 spiro atoms. The largest absolute Gasteiger partial charge is 0.483 e. The molecule has 3 N–H and O–H groups in total. The van der Waals surface area contributed by atoms with Gasteiger partial charge in [-0.2, -0.15) is 0 Å². The third kappa shape index (κ3) is 4.51. The van der Waals surface area contributed by atoms with Crippen LogP contribution in [-0.4, -0.2) is 35.7 Å². The minimum absolute atomic E-state index is 0.00145. The van der Waals surface area contributed by atoms with Crippen LogP contribution in [0.1, 0.15) is 24.3 Å². The zero-order valence-corrected chi connectivity index (χ0v) is 22.7. The molecule has 1 unspecified atom stereocenters. The number of hydrazine groups is 2. The normalized spacial score (nSPS) is 17.1. The molecule has 0 radical (unpaired) electrons. The van der Waals surface area contributed by atoms with Crippen LogP contribution in [-0.2, 0) is 4.74 Å².